The summed E-state index contributed by atoms with van der Waals surface area (Å²) in [5, 5.41) is 18.7. The van der Waals surface area contributed by atoms with Crippen LogP contribution in [0, 0.1) is 0 Å². The van der Waals surface area contributed by atoms with Crippen molar-refractivity contribution >= 4 is 24.4 Å². The smallest absolute Gasteiger partial charge is 0.304 e. The molecule has 5 nitrogen and oxygen atoms in total. The molecule has 0 aliphatic rings. The third kappa shape index (κ3) is 6.14. The van der Waals surface area contributed by atoms with Crippen LogP contribution in [0.4, 0.5) is 0 Å². The van der Waals surface area contributed by atoms with E-state index in [4.69, 9.17) is 9.84 Å². The number of benzene rings is 1. The molecule has 0 radical (unpaired) electrons. The second kappa shape index (κ2) is 9.45. The number of carboxylic acid groups (broad SMARTS) is 1. The Hall–Kier alpha value is -1.69. The van der Waals surface area contributed by atoms with Crippen LogP contribution in [0.2, 0.25) is 0 Å². The molecule has 0 saturated carbocycles. The van der Waals surface area contributed by atoms with Crippen molar-refractivity contribution in [2.75, 3.05) is 6.61 Å². The van der Waals surface area contributed by atoms with E-state index >= 15 is 0 Å². The van der Waals surface area contributed by atoms with Gasteiger partial charge in [-0.25, -0.2) is 0 Å². The van der Waals surface area contributed by atoms with Gasteiger partial charge >= 0.3 is 5.97 Å². The molecule has 0 fully saturated rings. The lowest BCUT2D eigenvalue weighted by Gasteiger charge is -2.15. The lowest BCUT2D eigenvalue weighted by atomic mass is 10.0. The topological polar surface area (TPSA) is 83.8 Å². The standard InChI is InChI=1S/C17H24O5S/c1-3-5-14-15(8-7-13(11(2)18)17(14)21)22-9-4-6-12(23)10-16(19)20/h7-8,12,21,23H,3-6,9-10H2,1-2H3,(H,19,20). The number of Topliss-reactive ketones (excluding diaryl/α,β-unsaturated/α-hetero) is 1. The molecule has 1 unspecified atom stereocenters. The molecule has 0 spiro atoms. The summed E-state index contributed by atoms with van der Waals surface area (Å²) < 4.78 is 5.71. The molecular weight excluding hydrogens is 316 g/mol. The van der Waals surface area contributed by atoms with Crippen molar-refractivity contribution in [1.29, 1.82) is 0 Å². The summed E-state index contributed by atoms with van der Waals surface area (Å²) in [6.45, 7) is 3.81. The van der Waals surface area contributed by atoms with E-state index in [1.165, 1.54) is 6.92 Å². The van der Waals surface area contributed by atoms with Gasteiger partial charge in [0.25, 0.3) is 0 Å². The first-order chi connectivity index (χ1) is 10.9. The number of ketones is 1. The fourth-order valence-corrected chi connectivity index (χ4v) is 2.67. The SMILES string of the molecule is CCCc1c(OCCCC(S)CC(=O)O)ccc(C(C)=O)c1O. The van der Waals surface area contributed by atoms with Crippen LogP contribution in [0.15, 0.2) is 12.1 Å². The van der Waals surface area contributed by atoms with Crippen LogP contribution >= 0.6 is 12.6 Å². The Morgan fingerprint density at radius 2 is 2.04 bits per heavy atom. The van der Waals surface area contributed by atoms with Crippen LogP contribution in [-0.2, 0) is 11.2 Å². The maximum absolute atomic E-state index is 11.5. The summed E-state index contributed by atoms with van der Waals surface area (Å²) in [7, 11) is 0. The van der Waals surface area contributed by atoms with E-state index in [1.54, 1.807) is 12.1 Å². The van der Waals surface area contributed by atoms with Crippen LogP contribution in [0.5, 0.6) is 11.5 Å². The normalized spacial score (nSPS) is 12.0. The van der Waals surface area contributed by atoms with Crippen LogP contribution in [0.1, 0.15) is 55.5 Å². The number of carbonyl (C=O) groups excluding carboxylic acids is 1. The Morgan fingerprint density at radius 3 is 2.61 bits per heavy atom. The molecule has 2 N–H and O–H groups in total. The van der Waals surface area contributed by atoms with Crippen LogP contribution in [-0.4, -0.2) is 33.8 Å². The highest BCUT2D eigenvalue weighted by atomic mass is 32.1. The third-order valence-electron chi connectivity index (χ3n) is 3.47. The maximum atomic E-state index is 11.5. The molecule has 0 aliphatic heterocycles. The zero-order chi connectivity index (χ0) is 17.4. The Balaban J connectivity index is 2.67. The zero-order valence-electron chi connectivity index (χ0n) is 13.5. The number of thiol groups is 1. The predicted octanol–water partition coefficient (Wildman–Crippen LogP) is 3.48. The number of aromatic hydroxyl groups is 1. The van der Waals surface area contributed by atoms with Gasteiger partial charge < -0.3 is 14.9 Å². The lowest BCUT2D eigenvalue weighted by Crippen LogP contribution is -2.09. The monoisotopic (exact) mass is 340 g/mol. The fourth-order valence-electron chi connectivity index (χ4n) is 2.33. The van der Waals surface area contributed by atoms with Crippen molar-refractivity contribution in [3.05, 3.63) is 23.3 Å². The number of carboxylic acids is 1. The van der Waals surface area contributed by atoms with E-state index in [0.29, 0.717) is 42.7 Å². The summed E-state index contributed by atoms with van der Waals surface area (Å²) in [5.41, 5.74) is 0.950. The van der Waals surface area contributed by atoms with Gasteiger partial charge in [-0.05, 0) is 38.3 Å². The summed E-state index contributed by atoms with van der Waals surface area (Å²) in [4.78, 5) is 22.1. The van der Waals surface area contributed by atoms with E-state index in [9.17, 15) is 14.7 Å². The molecule has 0 amide bonds. The molecule has 1 rings (SSSR count). The molecule has 0 bridgehead atoms. The highest BCUT2D eigenvalue weighted by molar-refractivity contribution is 7.81. The Labute approximate surface area is 142 Å². The van der Waals surface area contributed by atoms with E-state index in [2.05, 4.69) is 12.6 Å². The van der Waals surface area contributed by atoms with Gasteiger partial charge in [-0.1, -0.05) is 13.3 Å². The Morgan fingerprint density at radius 1 is 1.35 bits per heavy atom. The van der Waals surface area contributed by atoms with Crippen molar-refractivity contribution < 1.29 is 24.5 Å². The van der Waals surface area contributed by atoms with Gasteiger partial charge in [-0.3, -0.25) is 9.59 Å². The minimum absolute atomic E-state index is 0.00482. The van der Waals surface area contributed by atoms with Gasteiger partial charge in [0.2, 0.25) is 0 Å². The number of phenols is 1. The fraction of sp³-hybridized carbons (Fsp3) is 0.529. The second-order valence-electron chi connectivity index (χ2n) is 5.49. The summed E-state index contributed by atoms with van der Waals surface area (Å²) in [5.74, 6) is -0.475. The summed E-state index contributed by atoms with van der Waals surface area (Å²) in [6, 6.07) is 3.27. The van der Waals surface area contributed by atoms with Gasteiger partial charge in [0.05, 0.1) is 18.6 Å². The highest BCUT2D eigenvalue weighted by Crippen LogP contribution is 2.33. The zero-order valence-corrected chi connectivity index (χ0v) is 14.4. The molecular formula is C17H24O5S. The molecule has 0 aromatic heterocycles. The van der Waals surface area contributed by atoms with E-state index < -0.39 is 5.97 Å². The molecule has 1 aromatic carbocycles. The first-order valence-corrected chi connectivity index (χ1v) is 8.26. The first-order valence-electron chi connectivity index (χ1n) is 7.75. The number of carbonyl (C=O) groups is 2. The van der Waals surface area contributed by atoms with Crippen LogP contribution in [0.3, 0.4) is 0 Å². The van der Waals surface area contributed by atoms with Crippen molar-refractivity contribution in [2.45, 2.75) is 51.2 Å². The first kappa shape index (κ1) is 19.4. The van der Waals surface area contributed by atoms with Crippen LogP contribution in [0.25, 0.3) is 0 Å². The molecule has 0 saturated heterocycles. The summed E-state index contributed by atoms with van der Waals surface area (Å²) in [6.07, 6.45) is 2.77. The molecule has 1 aromatic rings. The average molecular weight is 340 g/mol. The van der Waals surface area contributed by atoms with Gasteiger partial charge in [0.1, 0.15) is 11.5 Å². The van der Waals surface area contributed by atoms with E-state index in [-0.39, 0.29) is 23.2 Å². The molecule has 23 heavy (non-hydrogen) atoms. The number of hydrogen-bond donors (Lipinski definition) is 3. The minimum Gasteiger partial charge on any atom is -0.507 e. The number of hydrogen-bond acceptors (Lipinski definition) is 5. The summed E-state index contributed by atoms with van der Waals surface area (Å²) >= 11 is 4.22. The minimum atomic E-state index is -0.860. The van der Waals surface area contributed by atoms with E-state index in [1.807, 2.05) is 6.92 Å². The predicted molar refractivity (Wildman–Crippen MR) is 91.9 cm³/mol. The maximum Gasteiger partial charge on any atom is 0.304 e. The second-order valence-corrected chi connectivity index (χ2v) is 6.22. The molecule has 1 atom stereocenters. The lowest BCUT2D eigenvalue weighted by molar-refractivity contribution is -0.137. The van der Waals surface area contributed by atoms with Crippen molar-refractivity contribution in [3.63, 3.8) is 0 Å². The van der Waals surface area contributed by atoms with Crippen molar-refractivity contribution in [1.82, 2.24) is 0 Å². The average Bonchev–Trinajstić information content (AvgIpc) is 2.45. The third-order valence-corrected chi connectivity index (χ3v) is 3.91. The number of rotatable bonds is 10. The largest absolute Gasteiger partial charge is 0.507 e. The Kier molecular flexibility index (Phi) is 7.95. The number of ether oxygens (including phenoxy) is 1. The van der Waals surface area contributed by atoms with Crippen molar-refractivity contribution in [2.24, 2.45) is 0 Å². The van der Waals surface area contributed by atoms with E-state index in [0.717, 1.165) is 6.42 Å². The Bertz CT molecular complexity index is 556. The molecule has 6 heteroatoms. The van der Waals surface area contributed by atoms with Gasteiger partial charge in [0.15, 0.2) is 5.78 Å². The van der Waals surface area contributed by atoms with Crippen molar-refractivity contribution in [3.8, 4) is 11.5 Å². The molecule has 0 aliphatic carbocycles. The number of aliphatic carboxylic acids is 1. The molecule has 0 heterocycles. The highest BCUT2D eigenvalue weighted by Gasteiger charge is 2.16. The van der Waals surface area contributed by atoms with Gasteiger partial charge in [0, 0.05) is 10.8 Å². The molecule has 128 valence electrons. The van der Waals surface area contributed by atoms with Crippen LogP contribution < -0.4 is 4.74 Å². The number of phenolic OH excluding ortho intramolecular Hbond substituents is 1. The van der Waals surface area contributed by atoms with Gasteiger partial charge in [-0.2, -0.15) is 12.6 Å². The van der Waals surface area contributed by atoms with Gasteiger partial charge in [-0.15, -0.1) is 0 Å². The quantitative estimate of drug-likeness (QED) is 0.345.